The third kappa shape index (κ3) is 5.67. The van der Waals surface area contributed by atoms with Gasteiger partial charge in [0.15, 0.2) is 11.7 Å². The number of hydrogen-bond donors (Lipinski definition) is 3. The number of nitrogens with one attached hydrogen (secondary N) is 3. The Morgan fingerprint density at radius 1 is 1.21 bits per heavy atom. The molecule has 0 aromatic heterocycles. The summed E-state index contributed by atoms with van der Waals surface area (Å²) in [6, 6.07) is 6.14. The molecule has 3 N–H and O–H groups in total. The number of thiocarbonyl (C=S) groups is 1. The molecule has 132 valence electrons. The molecule has 1 amide bonds. The SMILES string of the molecule is Cc1ccc(OCC(=O)NNC(=S)N[C@H]2CCCC[C@H]2C)cc1C. The highest BCUT2D eigenvalue weighted by Gasteiger charge is 2.21. The molecule has 0 saturated heterocycles. The number of hydrazine groups is 1. The number of rotatable bonds is 4. The highest BCUT2D eigenvalue weighted by molar-refractivity contribution is 7.80. The molecule has 24 heavy (non-hydrogen) atoms. The topological polar surface area (TPSA) is 62.4 Å². The van der Waals surface area contributed by atoms with Crippen LogP contribution in [0.15, 0.2) is 18.2 Å². The zero-order chi connectivity index (χ0) is 17.5. The van der Waals surface area contributed by atoms with Crippen LogP contribution in [0, 0.1) is 19.8 Å². The van der Waals surface area contributed by atoms with E-state index in [2.05, 4.69) is 23.1 Å². The van der Waals surface area contributed by atoms with Gasteiger partial charge in [-0.15, -0.1) is 0 Å². The van der Waals surface area contributed by atoms with E-state index in [1.165, 1.54) is 24.8 Å². The van der Waals surface area contributed by atoms with Gasteiger partial charge in [0.1, 0.15) is 5.75 Å². The minimum absolute atomic E-state index is 0.0576. The summed E-state index contributed by atoms with van der Waals surface area (Å²) in [5, 5.41) is 3.73. The number of aryl methyl sites for hydroxylation is 2. The average Bonchev–Trinajstić information content (AvgIpc) is 2.56. The number of carbonyl (C=O) groups excluding carboxylic acids is 1. The van der Waals surface area contributed by atoms with E-state index in [1.807, 2.05) is 32.0 Å². The zero-order valence-electron chi connectivity index (χ0n) is 14.6. The number of benzene rings is 1. The third-order valence-electron chi connectivity index (χ3n) is 4.59. The maximum atomic E-state index is 11.8. The number of carbonyl (C=O) groups is 1. The van der Waals surface area contributed by atoms with Crippen LogP contribution in [0.2, 0.25) is 0 Å². The van der Waals surface area contributed by atoms with Crippen LogP contribution in [0.25, 0.3) is 0 Å². The van der Waals surface area contributed by atoms with Crippen molar-refractivity contribution >= 4 is 23.2 Å². The summed E-state index contributed by atoms with van der Waals surface area (Å²) in [5.41, 5.74) is 7.65. The monoisotopic (exact) mass is 349 g/mol. The Morgan fingerprint density at radius 3 is 2.67 bits per heavy atom. The van der Waals surface area contributed by atoms with E-state index in [0.717, 1.165) is 12.0 Å². The Kier molecular flexibility index (Phi) is 6.85. The summed E-state index contributed by atoms with van der Waals surface area (Å²) in [6.45, 7) is 6.23. The van der Waals surface area contributed by atoms with Crippen LogP contribution in [0.3, 0.4) is 0 Å². The van der Waals surface area contributed by atoms with Gasteiger partial charge in [0, 0.05) is 6.04 Å². The summed E-state index contributed by atoms with van der Waals surface area (Å²) in [5.74, 6) is 1.02. The van der Waals surface area contributed by atoms with Crippen LogP contribution in [0.5, 0.6) is 5.75 Å². The van der Waals surface area contributed by atoms with Crippen molar-refractivity contribution in [2.24, 2.45) is 5.92 Å². The fourth-order valence-electron chi connectivity index (χ4n) is 2.85. The van der Waals surface area contributed by atoms with Crippen LogP contribution in [0.1, 0.15) is 43.7 Å². The minimum Gasteiger partial charge on any atom is -0.484 e. The van der Waals surface area contributed by atoms with E-state index in [4.69, 9.17) is 17.0 Å². The van der Waals surface area contributed by atoms with Crippen LogP contribution in [-0.4, -0.2) is 23.7 Å². The molecule has 2 atom stereocenters. The molecule has 5 nitrogen and oxygen atoms in total. The molecule has 2 rings (SSSR count). The molecule has 1 aromatic rings. The first-order chi connectivity index (χ1) is 11.5. The normalized spacial score (nSPS) is 20.1. The van der Waals surface area contributed by atoms with E-state index >= 15 is 0 Å². The van der Waals surface area contributed by atoms with Gasteiger partial charge in [0.25, 0.3) is 5.91 Å². The first-order valence-electron chi connectivity index (χ1n) is 8.51. The summed E-state index contributed by atoms with van der Waals surface area (Å²) in [6.07, 6.45) is 4.84. The molecule has 0 aliphatic heterocycles. The van der Waals surface area contributed by atoms with Crippen molar-refractivity contribution in [3.8, 4) is 5.75 Å². The first-order valence-corrected chi connectivity index (χ1v) is 8.92. The van der Waals surface area contributed by atoms with Gasteiger partial charge in [-0.1, -0.05) is 25.8 Å². The van der Waals surface area contributed by atoms with Gasteiger partial charge in [-0.05, 0) is 68.1 Å². The van der Waals surface area contributed by atoms with E-state index < -0.39 is 0 Å². The van der Waals surface area contributed by atoms with Gasteiger partial charge < -0.3 is 10.1 Å². The van der Waals surface area contributed by atoms with Gasteiger partial charge in [0.05, 0.1) is 0 Å². The second-order valence-corrected chi connectivity index (χ2v) is 6.96. The lowest BCUT2D eigenvalue weighted by Gasteiger charge is -2.30. The molecule has 0 radical (unpaired) electrons. The smallest absolute Gasteiger partial charge is 0.276 e. The predicted octanol–water partition coefficient (Wildman–Crippen LogP) is 2.76. The van der Waals surface area contributed by atoms with Gasteiger partial charge >= 0.3 is 0 Å². The zero-order valence-corrected chi connectivity index (χ0v) is 15.5. The first kappa shape index (κ1) is 18.5. The molecular formula is C18H27N3O2S. The fourth-order valence-corrected chi connectivity index (χ4v) is 3.05. The lowest BCUT2D eigenvalue weighted by Crippen LogP contribution is -2.52. The van der Waals surface area contributed by atoms with E-state index in [9.17, 15) is 4.79 Å². The standard InChI is InChI=1S/C18H27N3O2S/c1-12-8-9-15(10-14(12)3)23-11-17(22)20-21-18(24)19-16-7-5-4-6-13(16)2/h8-10,13,16H,4-7,11H2,1-3H3,(H,20,22)(H2,19,21,24)/t13-,16+/m1/s1. The number of ether oxygens (including phenoxy) is 1. The molecule has 0 unspecified atom stereocenters. The second kappa shape index (κ2) is 8.87. The van der Waals surface area contributed by atoms with Gasteiger partial charge in [-0.2, -0.15) is 0 Å². The lowest BCUT2D eigenvalue weighted by molar-refractivity contribution is -0.123. The highest BCUT2D eigenvalue weighted by Crippen LogP contribution is 2.23. The van der Waals surface area contributed by atoms with Gasteiger partial charge in [0.2, 0.25) is 0 Å². The van der Waals surface area contributed by atoms with Crippen molar-refractivity contribution < 1.29 is 9.53 Å². The van der Waals surface area contributed by atoms with E-state index in [0.29, 0.717) is 22.8 Å². The second-order valence-electron chi connectivity index (χ2n) is 6.55. The summed E-state index contributed by atoms with van der Waals surface area (Å²) in [4.78, 5) is 11.8. The van der Waals surface area contributed by atoms with Crippen molar-refractivity contribution in [3.63, 3.8) is 0 Å². The Balaban J connectivity index is 1.68. The lowest BCUT2D eigenvalue weighted by atomic mass is 9.86. The van der Waals surface area contributed by atoms with Crippen LogP contribution >= 0.6 is 12.2 Å². The Bertz CT molecular complexity index is 592. The minimum atomic E-state index is -0.269. The van der Waals surface area contributed by atoms with Crippen LogP contribution in [-0.2, 0) is 4.79 Å². The van der Waals surface area contributed by atoms with Crippen LogP contribution in [0.4, 0.5) is 0 Å². The van der Waals surface area contributed by atoms with E-state index in [-0.39, 0.29) is 12.5 Å². The van der Waals surface area contributed by atoms with Crippen molar-refractivity contribution in [3.05, 3.63) is 29.3 Å². The van der Waals surface area contributed by atoms with Crippen molar-refractivity contribution in [2.75, 3.05) is 6.61 Å². The largest absolute Gasteiger partial charge is 0.484 e. The Morgan fingerprint density at radius 2 is 1.96 bits per heavy atom. The summed E-state index contributed by atoms with van der Waals surface area (Å²) < 4.78 is 5.49. The Hall–Kier alpha value is -1.82. The molecule has 1 aromatic carbocycles. The third-order valence-corrected chi connectivity index (χ3v) is 4.81. The molecule has 1 aliphatic rings. The molecule has 1 fully saturated rings. The summed E-state index contributed by atoms with van der Waals surface area (Å²) >= 11 is 5.24. The van der Waals surface area contributed by atoms with Crippen molar-refractivity contribution in [1.82, 2.24) is 16.2 Å². The molecular weight excluding hydrogens is 322 g/mol. The van der Waals surface area contributed by atoms with Gasteiger partial charge in [-0.25, -0.2) is 0 Å². The molecule has 0 heterocycles. The Labute approximate surface area is 149 Å². The maximum Gasteiger partial charge on any atom is 0.276 e. The summed E-state index contributed by atoms with van der Waals surface area (Å²) in [7, 11) is 0. The number of amides is 1. The number of hydrogen-bond acceptors (Lipinski definition) is 3. The molecule has 6 heteroatoms. The van der Waals surface area contributed by atoms with Crippen LogP contribution < -0.4 is 20.9 Å². The van der Waals surface area contributed by atoms with Gasteiger partial charge in [-0.3, -0.25) is 15.6 Å². The maximum absolute atomic E-state index is 11.8. The van der Waals surface area contributed by atoms with E-state index in [1.54, 1.807) is 0 Å². The molecule has 1 aliphatic carbocycles. The molecule has 0 spiro atoms. The predicted molar refractivity (Wildman–Crippen MR) is 99.8 cm³/mol. The fraction of sp³-hybridized carbons (Fsp3) is 0.556. The van der Waals surface area contributed by atoms with Crippen molar-refractivity contribution in [1.29, 1.82) is 0 Å². The van der Waals surface area contributed by atoms with Crippen molar-refractivity contribution in [2.45, 2.75) is 52.5 Å². The highest BCUT2D eigenvalue weighted by atomic mass is 32.1. The average molecular weight is 350 g/mol. The molecule has 0 bridgehead atoms. The quantitative estimate of drug-likeness (QED) is 0.576. The molecule has 1 saturated carbocycles.